The number of nitrogens with two attached hydrogens (primary N) is 1. The maximum Gasteiger partial charge on any atom is 0.161 e. The molecule has 14 heavy (non-hydrogen) atoms. The normalized spacial score (nSPS) is 29.1. The first-order valence-electron chi connectivity index (χ1n) is 4.98. The Morgan fingerprint density at radius 1 is 1.21 bits per heavy atom. The van der Waals surface area contributed by atoms with Gasteiger partial charge < -0.3 is 4.74 Å². The van der Waals surface area contributed by atoms with E-state index in [0.29, 0.717) is 0 Å². The van der Waals surface area contributed by atoms with E-state index >= 15 is 0 Å². The zero-order chi connectivity index (χ0) is 10.4. The van der Waals surface area contributed by atoms with Crippen LogP contribution in [0.15, 0.2) is 24.3 Å². The van der Waals surface area contributed by atoms with Gasteiger partial charge in [-0.15, -0.1) is 0 Å². The summed E-state index contributed by atoms with van der Waals surface area (Å²) in [6.45, 7) is 6.23. The van der Waals surface area contributed by atoms with Crippen LogP contribution in [0.4, 0.5) is 0 Å². The van der Waals surface area contributed by atoms with Crippen LogP contribution in [0.5, 0.6) is 5.75 Å². The van der Waals surface area contributed by atoms with Gasteiger partial charge in [0.15, 0.2) is 5.72 Å². The number of para-hydroxylation sites is 1. The van der Waals surface area contributed by atoms with Gasteiger partial charge in [-0.25, -0.2) is 0 Å². The van der Waals surface area contributed by atoms with E-state index in [9.17, 15) is 0 Å². The molecule has 1 aromatic carbocycles. The van der Waals surface area contributed by atoms with E-state index in [1.807, 2.05) is 25.1 Å². The van der Waals surface area contributed by atoms with Crippen LogP contribution in [-0.4, -0.2) is 5.72 Å². The molecule has 0 saturated heterocycles. The SMILES string of the molecule is CC1(C)Cc2ccccc2OC1(C)N. The van der Waals surface area contributed by atoms with E-state index in [1.54, 1.807) is 0 Å². The van der Waals surface area contributed by atoms with Crippen LogP contribution < -0.4 is 10.5 Å². The Labute approximate surface area is 85.1 Å². The van der Waals surface area contributed by atoms with Crippen LogP contribution in [0.25, 0.3) is 0 Å². The van der Waals surface area contributed by atoms with Crippen LogP contribution in [-0.2, 0) is 6.42 Å². The van der Waals surface area contributed by atoms with E-state index in [4.69, 9.17) is 10.5 Å². The third-order valence-corrected chi connectivity index (χ3v) is 3.27. The molecule has 0 amide bonds. The molecule has 1 heterocycles. The second-order valence-electron chi connectivity index (χ2n) is 4.88. The first-order chi connectivity index (χ1) is 6.42. The Morgan fingerprint density at radius 3 is 2.57 bits per heavy atom. The van der Waals surface area contributed by atoms with E-state index < -0.39 is 5.72 Å². The zero-order valence-electron chi connectivity index (χ0n) is 9.00. The van der Waals surface area contributed by atoms with Gasteiger partial charge in [0.1, 0.15) is 5.75 Å². The number of hydrogen-bond acceptors (Lipinski definition) is 2. The summed E-state index contributed by atoms with van der Waals surface area (Å²) < 4.78 is 5.81. The Hall–Kier alpha value is -1.02. The summed E-state index contributed by atoms with van der Waals surface area (Å²) in [6.07, 6.45) is 0.968. The molecule has 0 radical (unpaired) electrons. The summed E-state index contributed by atoms with van der Waals surface area (Å²) in [6, 6.07) is 8.10. The molecule has 1 aliphatic rings. The van der Waals surface area contributed by atoms with E-state index in [2.05, 4.69) is 19.9 Å². The molecule has 1 aliphatic heterocycles. The van der Waals surface area contributed by atoms with Gasteiger partial charge >= 0.3 is 0 Å². The minimum atomic E-state index is -0.582. The Bertz CT molecular complexity index is 320. The van der Waals surface area contributed by atoms with E-state index in [1.165, 1.54) is 5.56 Å². The van der Waals surface area contributed by atoms with Crippen molar-refractivity contribution in [3.63, 3.8) is 0 Å². The topological polar surface area (TPSA) is 35.2 Å². The lowest BCUT2D eigenvalue weighted by molar-refractivity contribution is -0.0377. The van der Waals surface area contributed by atoms with Gasteiger partial charge in [-0.05, 0) is 25.0 Å². The van der Waals surface area contributed by atoms with Crippen molar-refractivity contribution in [1.82, 2.24) is 0 Å². The minimum Gasteiger partial charge on any atom is -0.472 e. The van der Waals surface area contributed by atoms with Crippen molar-refractivity contribution >= 4 is 0 Å². The number of ether oxygens (including phenoxy) is 1. The Morgan fingerprint density at radius 2 is 1.86 bits per heavy atom. The zero-order valence-corrected chi connectivity index (χ0v) is 9.00. The lowest BCUT2D eigenvalue weighted by Gasteiger charge is -2.45. The van der Waals surface area contributed by atoms with E-state index in [0.717, 1.165) is 12.2 Å². The van der Waals surface area contributed by atoms with Crippen molar-refractivity contribution in [2.75, 3.05) is 0 Å². The highest BCUT2D eigenvalue weighted by atomic mass is 16.5. The average molecular weight is 191 g/mol. The summed E-state index contributed by atoms with van der Waals surface area (Å²) in [5, 5.41) is 0. The first-order valence-corrected chi connectivity index (χ1v) is 4.98. The molecule has 1 unspecified atom stereocenters. The molecule has 2 rings (SSSR count). The molecule has 1 atom stereocenters. The second kappa shape index (κ2) is 2.74. The summed E-state index contributed by atoms with van der Waals surface area (Å²) in [4.78, 5) is 0. The van der Waals surface area contributed by atoms with Crippen LogP contribution in [0.2, 0.25) is 0 Å². The van der Waals surface area contributed by atoms with Crippen molar-refractivity contribution in [3.8, 4) is 5.75 Å². The quantitative estimate of drug-likeness (QED) is 0.683. The number of benzene rings is 1. The Balaban J connectivity index is 2.46. The van der Waals surface area contributed by atoms with Gasteiger partial charge in [0.2, 0.25) is 0 Å². The van der Waals surface area contributed by atoms with Crippen molar-refractivity contribution in [3.05, 3.63) is 29.8 Å². The third kappa shape index (κ3) is 1.30. The highest BCUT2D eigenvalue weighted by molar-refractivity contribution is 5.37. The molecule has 2 nitrogen and oxygen atoms in total. The van der Waals surface area contributed by atoms with E-state index in [-0.39, 0.29) is 5.41 Å². The molecule has 0 spiro atoms. The summed E-state index contributed by atoms with van der Waals surface area (Å²) >= 11 is 0. The maximum atomic E-state index is 6.15. The monoisotopic (exact) mass is 191 g/mol. The molecule has 0 aromatic heterocycles. The predicted molar refractivity (Wildman–Crippen MR) is 57.1 cm³/mol. The summed E-state index contributed by atoms with van der Waals surface area (Å²) in [7, 11) is 0. The van der Waals surface area contributed by atoms with Crippen LogP contribution in [0.3, 0.4) is 0 Å². The third-order valence-electron chi connectivity index (χ3n) is 3.27. The smallest absolute Gasteiger partial charge is 0.161 e. The van der Waals surface area contributed by atoms with Crippen LogP contribution >= 0.6 is 0 Å². The molecule has 2 heteroatoms. The van der Waals surface area contributed by atoms with Gasteiger partial charge in [-0.1, -0.05) is 32.0 Å². The lowest BCUT2D eigenvalue weighted by Crippen LogP contribution is -2.57. The molecular weight excluding hydrogens is 174 g/mol. The van der Waals surface area contributed by atoms with Gasteiger partial charge in [0.05, 0.1) is 0 Å². The van der Waals surface area contributed by atoms with Crippen LogP contribution in [0.1, 0.15) is 26.3 Å². The lowest BCUT2D eigenvalue weighted by atomic mass is 9.75. The molecule has 1 aromatic rings. The fraction of sp³-hybridized carbons (Fsp3) is 0.500. The molecule has 0 bridgehead atoms. The highest BCUT2D eigenvalue weighted by Gasteiger charge is 2.43. The number of rotatable bonds is 0. The van der Waals surface area contributed by atoms with Crippen molar-refractivity contribution < 1.29 is 4.74 Å². The van der Waals surface area contributed by atoms with Gasteiger partial charge in [-0.2, -0.15) is 0 Å². The number of fused-ring (bicyclic) bond motifs is 1. The fourth-order valence-corrected chi connectivity index (χ4v) is 1.77. The first kappa shape index (κ1) is 9.53. The average Bonchev–Trinajstić information content (AvgIpc) is 2.05. The second-order valence-corrected chi connectivity index (χ2v) is 4.88. The molecule has 76 valence electrons. The maximum absolute atomic E-state index is 6.15. The van der Waals surface area contributed by atoms with Crippen molar-refractivity contribution in [1.29, 1.82) is 0 Å². The van der Waals surface area contributed by atoms with Gasteiger partial charge in [-0.3, -0.25) is 5.73 Å². The Kier molecular flexibility index (Phi) is 1.86. The fourth-order valence-electron chi connectivity index (χ4n) is 1.77. The molecular formula is C12H17NO. The van der Waals surface area contributed by atoms with Gasteiger partial charge in [0.25, 0.3) is 0 Å². The van der Waals surface area contributed by atoms with Crippen molar-refractivity contribution in [2.24, 2.45) is 11.1 Å². The predicted octanol–water partition coefficient (Wildman–Crippen LogP) is 2.32. The minimum absolute atomic E-state index is 0.0264. The summed E-state index contributed by atoms with van der Waals surface area (Å²) in [5.74, 6) is 0.928. The molecule has 0 aliphatic carbocycles. The molecule has 0 fully saturated rings. The van der Waals surface area contributed by atoms with Crippen molar-refractivity contribution in [2.45, 2.75) is 32.9 Å². The molecule has 0 saturated carbocycles. The molecule has 2 N–H and O–H groups in total. The highest BCUT2D eigenvalue weighted by Crippen LogP contribution is 2.41. The van der Waals surface area contributed by atoms with Crippen LogP contribution in [0, 0.1) is 5.41 Å². The van der Waals surface area contributed by atoms with Gasteiger partial charge in [0, 0.05) is 5.41 Å². The standard InChI is InChI=1S/C12H17NO/c1-11(2)8-9-6-4-5-7-10(9)14-12(11,3)13/h4-7H,8,13H2,1-3H3. The largest absolute Gasteiger partial charge is 0.472 e. The number of hydrogen-bond donors (Lipinski definition) is 1. The summed E-state index contributed by atoms with van der Waals surface area (Å²) in [5.41, 5.74) is 6.79.